The van der Waals surface area contributed by atoms with Crippen LogP contribution in [0.4, 0.5) is 0 Å². The minimum absolute atomic E-state index is 0.0945. The summed E-state index contributed by atoms with van der Waals surface area (Å²) in [4.78, 5) is 12.0. The van der Waals surface area contributed by atoms with Crippen LogP contribution in [-0.2, 0) is 23.1 Å². The number of likely N-dealkylation sites (N-methyl/N-ethyl adjacent to an activating group) is 1. The Kier molecular flexibility index (Phi) is 27.5. The molecule has 0 fully saturated rings. The fraction of sp³-hybridized carbons (Fsp3) is 1.00. The van der Waals surface area contributed by atoms with E-state index in [4.69, 9.17) is 18.5 Å². The highest BCUT2D eigenvalue weighted by molar-refractivity contribution is 7.45. The van der Waals surface area contributed by atoms with E-state index in [2.05, 4.69) is 13.8 Å². The van der Waals surface area contributed by atoms with Gasteiger partial charge in [-0.05, 0) is 12.3 Å². The van der Waals surface area contributed by atoms with Gasteiger partial charge in [0.05, 0.1) is 34.4 Å². The second kappa shape index (κ2) is 27.5. The summed E-state index contributed by atoms with van der Waals surface area (Å²) in [6.07, 6.45) is 26.7. The summed E-state index contributed by atoms with van der Waals surface area (Å²) in [6, 6.07) is 0. The maximum Gasteiger partial charge on any atom is 0.268 e. The fourth-order valence-electron chi connectivity index (χ4n) is 5.06. The number of hydrogen-bond acceptors (Lipinski definition) is 6. The van der Waals surface area contributed by atoms with Crippen LogP contribution in [0.2, 0.25) is 0 Å². The molecule has 0 saturated carbocycles. The normalized spacial score (nSPS) is 15.2. The third-order valence-corrected chi connectivity index (χ3v) is 8.86. The Bertz CT molecular complexity index is 601. The molecule has 41 heavy (non-hydrogen) atoms. The summed E-state index contributed by atoms with van der Waals surface area (Å²) >= 11 is 0. The maximum atomic E-state index is 12.0. The van der Waals surface area contributed by atoms with E-state index in [1.54, 1.807) is 7.11 Å². The monoisotopic (exact) mass is 607 g/mol. The maximum absolute atomic E-state index is 12.0. The topological polar surface area (TPSA) is 77.1 Å². The standard InChI is InChI=1S/C33H70NO6P/c1-7-9-11-13-14-15-16-17-21-25-32(24-20-12-10-8-2)26-22-18-19-23-28-38-30-33(37-6)31-40-41(35,36)39-29-27-34(3,4)5/h32-33H,7-31H2,1-6H3. The summed E-state index contributed by atoms with van der Waals surface area (Å²) < 4.78 is 33.6. The Morgan fingerprint density at radius 1 is 0.634 bits per heavy atom. The lowest BCUT2D eigenvalue weighted by Crippen LogP contribution is -2.37. The first-order valence-electron chi connectivity index (χ1n) is 17.1. The molecule has 7 nitrogen and oxygen atoms in total. The Morgan fingerprint density at radius 3 is 1.59 bits per heavy atom. The van der Waals surface area contributed by atoms with E-state index in [1.807, 2.05) is 21.1 Å². The SMILES string of the molecule is CCCCCCCCCCCC(CCCCCC)CCCCCCOCC(COP(=O)([O-])OCC[N+](C)(C)C)OC. The molecule has 0 aliphatic carbocycles. The van der Waals surface area contributed by atoms with E-state index < -0.39 is 13.9 Å². The quantitative estimate of drug-likeness (QED) is 0.0433. The summed E-state index contributed by atoms with van der Waals surface area (Å²) in [5.74, 6) is 0.906. The van der Waals surface area contributed by atoms with Crippen molar-refractivity contribution in [2.75, 3.05) is 61.2 Å². The van der Waals surface area contributed by atoms with E-state index >= 15 is 0 Å². The number of phosphoric acid groups is 1. The van der Waals surface area contributed by atoms with Crippen molar-refractivity contribution in [3.05, 3.63) is 0 Å². The van der Waals surface area contributed by atoms with Crippen LogP contribution in [-0.4, -0.2) is 71.8 Å². The number of ether oxygens (including phenoxy) is 2. The van der Waals surface area contributed by atoms with E-state index in [0.717, 1.165) is 12.3 Å². The number of unbranched alkanes of at least 4 members (excludes halogenated alkanes) is 14. The number of methoxy groups -OCH3 is 1. The van der Waals surface area contributed by atoms with Crippen LogP contribution in [0.5, 0.6) is 0 Å². The van der Waals surface area contributed by atoms with E-state index in [9.17, 15) is 9.46 Å². The number of quaternary nitrogens is 1. The molecule has 248 valence electrons. The van der Waals surface area contributed by atoms with Crippen molar-refractivity contribution in [2.24, 2.45) is 5.92 Å². The van der Waals surface area contributed by atoms with Crippen molar-refractivity contribution in [1.82, 2.24) is 0 Å². The fourth-order valence-corrected chi connectivity index (χ4v) is 5.79. The Morgan fingerprint density at radius 2 is 1.10 bits per heavy atom. The first kappa shape index (κ1) is 41.0. The average Bonchev–Trinajstić information content (AvgIpc) is 2.91. The molecule has 3 unspecified atom stereocenters. The van der Waals surface area contributed by atoms with Gasteiger partial charge in [-0.25, -0.2) is 0 Å². The predicted molar refractivity (Wildman–Crippen MR) is 171 cm³/mol. The van der Waals surface area contributed by atoms with Crippen molar-refractivity contribution in [3.63, 3.8) is 0 Å². The predicted octanol–water partition coefficient (Wildman–Crippen LogP) is 8.68. The molecular weight excluding hydrogens is 537 g/mol. The van der Waals surface area contributed by atoms with E-state index in [0.29, 0.717) is 24.2 Å². The summed E-state index contributed by atoms with van der Waals surface area (Å²) in [5.41, 5.74) is 0. The molecule has 0 aromatic heterocycles. The number of rotatable bonds is 32. The lowest BCUT2D eigenvalue weighted by Gasteiger charge is -2.28. The van der Waals surface area contributed by atoms with Gasteiger partial charge in [0, 0.05) is 13.7 Å². The van der Waals surface area contributed by atoms with Gasteiger partial charge >= 0.3 is 0 Å². The van der Waals surface area contributed by atoms with Crippen LogP contribution in [0, 0.1) is 5.92 Å². The molecule has 0 amide bonds. The molecule has 0 spiro atoms. The molecule has 8 heteroatoms. The molecule has 0 aromatic carbocycles. The first-order valence-corrected chi connectivity index (χ1v) is 18.6. The zero-order chi connectivity index (χ0) is 30.7. The van der Waals surface area contributed by atoms with Crippen LogP contribution >= 0.6 is 7.82 Å². The van der Waals surface area contributed by atoms with Gasteiger partial charge in [0.15, 0.2) is 0 Å². The van der Waals surface area contributed by atoms with E-state index in [-0.39, 0.29) is 13.2 Å². The molecule has 0 bridgehead atoms. The minimum Gasteiger partial charge on any atom is -0.756 e. The third kappa shape index (κ3) is 29.8. The summed E-state index contributed by atoms with van der Waals surface area (Å²) in [7, 11) is 3.13. The van der Waals surface area contributed by atoms with Crippen molar-refractivity contribution in [1.29, 1.82) is 0 Å². The number of hydrogen-bond donors (Lipinski definition) is 0. The average molecular weight is 608 g/mol. The molecule has 0 saturated heterocycles. The van der Waals surface area contributed by atoms with Gasteiger partial charge in [-0.3, -0.25) is 4.57 Å². The molecular formula is C33H70NO6P. The van der Waals surface area contributed by atoms with Crippen LogP contribution in [0.1, 0.15) is 142 Å². The van der Waals surface area contributed by atoms with Crippen LogP contribution in [0.25, 0.3) is 0 Å². The lowest BCUT2D eigenvalue weighted by atomic mass is 9.89. The van der Waals surface area contributed by atoms with Gasteiger partial charge < -0.3 is 27.9 Å². The van der Waals surface area contributed by atoms with Crippen molar-refractivity contribution >= 4 is 7.82 Å². The molecule has 0 aliphatic rings. The minimum atomic E-state index is -4.34. The third-order valence-electron chi connectivity index (χ3n) is 7.90. The largest absolute Gasteiger partial charge is 0.756 e. The van der Waals surface area contributed by atoms with Gasteiger partial charge in [0.2, 0.25) is 0 Å². The van der Waals surface area contributed by atoms with Crippen molar-refractivity contribution in [3.8, 4) is 0 Å². The zero-order valence-corrected chi connectivity index (χ0v) is 29.1. The second-order valence-electron chi connectivity index (χ2n) is 13.1. The Labute approximate surface area is 255 Å². The van der Waals surface area contributed by atoms with E-state index in [1.165, 1.54) is 122 Å². The van der Waals surface area contributed by atoms with Crippen LogP contribution in [0.3, 0.4) is 0 Å². The van der Waals surface area contributed by atoms with Crippen molar-refractivity contribution in [2.45, 2.75) is 148 Å². The van der Waals surface area contributed by atoms with Crippen LogP contribution < -0.4 is 4.89 Å². The molecule has 0 aliphatic heterocycles. The highest BCUT2D eigenvalue weighted by atomic mass is 31.2. The highest BCUT2D eigenvalue weighted by Gasteiger charge is 2.17. The second-order valence-corrected chi connectivity index (χ2v) is 14.5. The molecule has 0 heterocycles. The smallest absolute Gasteiger partial charge is 0.268 e. The van der Waals surface area contributed by atoms with Crippen molar-refractivity contribution < 1.29 is 32.5 Å². The number of phosphoric ester groups is 1. The summed E-state index contributed by atoms with van der Waals surface area (Å²) in [6.45, 7) is 6.13. The van der Waals surface area contributed by atoms with Gasteiger partial charge in [-0.1, -0.05) is 136 Å². The highest BCUT2D eigenvalue weighted by Crippen LogP contribution is 2.38. The number of nitrogens with zero attached hydrogens (tertiary/aromatic N) is 1. The van der Waals surface area contributed by atoms with Gasteiger partial charge in [-0.15, -0.1) is 0 Å². The molecule has 0 aromatic rings. The molecule has 3 atom stereocenters. The van der Waals surface area contributed by atoms with Gasteiger partial charge in [0.25, 0.3) is 7.82 Å². The lowest BCUT2D eigenvalue weighted by molar-refractivity contribution is -0.870. The van der Waals surface area contributed by atoms with Gasteiger partial charge in [0.1, 0.15) is 19.3 Å². The molecule has 0 rings (SSSR count). The van der Waals surface area contributed by atoms with Crippen LogP contribution in [0.15, 0.2) is 0 Å². The summed E-state index contributed by atoms with van der Waals surface area (Å²) in [5, 5.41) is 0. The Balaban J connectivity index is 4.00. The molecule has 0 radical (unpaired) electrons. The first-order chi connectivity index (χ1) is 19.6. The Hall–Kier alpha value is -0.0100. The zero-order valence-electron chi connectivity index (χ0n) is 28.2. The van der Waals surface area contributed by atoms with Gasteiger partial charge in [-0.2, -0.15) is 0 Å². The molecule has 0 N–H and O–H groups in total.